The van der Waals surface area contributed by atoms with Gasteiger partial charge in [-0.25, -0.2) is 13.9 Å². The van der Waals surface area contributed by atoms with Crippen molar-refractivity contribution >= 4 is 17.1 Å². The monoisotopic (exact) mass is 503 g/mol. The maximum absolute atomic E-state index is 14.1. The molecule has 1 atom stereocenters. The molecule has 10 heteroatoms. The smallest absolute Gasteiger partial charge is 0.255 e. The van der Waals surface area contributed by atoms with Crippen LogP contribution in [-0.4, -0.2) is 50.4 Å². The van der Waals surface area contributed by atoms with E-state index in [0.29, 0.717) is 17.2 Å². The number of anilines is 1. The van der Waals surface area contributed by atoms with Crippen molar-refractivity contribution < 1.29 is 13.9 Å². The van der Waals surface area contributed by atoms with Gasteiger partial charge in [-0.2, -0.15) is 10.2 Å². The van der Waals surface area contributed by atoms with Crippen LogP contribution >= 0.6 is 0 Å². The van der Waals surface area contributed by atoms with Gasteiger partial charge in [-0.1, -0.05) is 0 Å². The Balaban J connectivity index is 1.20. The highest BCUT2D eigenvalue weighted by Gasteiger charge is 2.30. The Morgan fingerprint density at radius 3 is 2.81 bits per heavy atom. The number of nitrogens with one attached hydrogen (secondary N) is 2. The van der Waals surface area contributed by atoms with E-state index in [1.54, 1.807) is 36.3 Å². The fourth-order valence-electron chi connectivity index (χ4n) is 5.87. The first-order valence-corrected chi connectivity index (χ1v) is 12.8. The first kappa shape index (κ1) is 23.4. The molecule has 1 amide bonds. The number of carbonyl (C=O) groups excluding carboxylic acids is 1. The number of methoxy groups -OCH3 is 1. The quantitative estimate of drug-likeness (QED) is 0.405. The van der Waals surface area contributed by atoms with Gasteiger partial charge in [-0.3, -0.25) is 9.89 Å². The number of fused-ring (bicyclic) bond motifs is 1. The number of nitrogens with zero attached hydrogens (tertiary/aromatic N) is 5. The van der Waals surface area contributed by atoms with Crippen LogP contribution in [0, 0.1) is 5.82 Å². The maximum atomic E-state index is 14.1. The zero-order chi connectivity index (χ0) is 25.4. The molecule has 0 radical (unpaired) electrons. The van der Waals surface area contributed by atoms with Gasteiger partial charge < -0.3 is 15.0 Å². The Morgan fingerprint density at radius 2 is 2.03 bits per heavy atom. The predicted octanol–water partition coefficient (Wildman–Crippen LogP) is 4.40. The SMILES string of the molecule is COc1ccc(F)cc1C1CCCN1c1ccn2ncc(C(=O)NC3CCC(c4ncn[nH]4)CC3)c2c1. The highest BCUT2D eigenvalue weighted by Crippen LogP contribution is 2.40. The second-order valence-electron chi connectivity index (χ2n) is 9.90. The van der Waals surface area contributed by atoms with Crippen LogP contribution in [-0.2, 0) is 0 Å². The second-order valence-corrected chi connectivity index (χ2v) is 9.90. The van der Waals surface area contributed by atoms with Gasteiger partial charge in [-0.05, 0) is 68.9 Å². The molecule has 1 aliphatic carbocycles. The lowest BCUT2D eigenvalue weighted by Gasteiger charge is -2.28. The largest absolute Gasteiger partial charge is 0.496 e. The molecule has 1 saturated heterocycles. The van der Waals surface area contributed by atoms with Gasteiger partial charge in [0.1, 0.15) is 23.7 Å². The van der Waals surface area contributed by atoms with Gasteiger partial charge >= 0.3 is 0 Å². The summed E-state index contributed by atoms with van der Waals surface area (Å²) in [6.07, 6.45) is 10.6. The fraction of sp³-hybridized carbons (Fsp3) is 0.407. The highest BCUT2D eigenvalue weighted by molar-refractivity contribution is 6.01. The van der Waals surface area contributed by atoms with Crippen molar-refractivity contribution in [2.24, 2.45) is 0 Å². The van der Waals surface area contributed by atoms with Crippen molar-refractivity contribution in [3.8, 4) is 5.75 Å². The summed E-state index contributed by atoms with van der Waals surface area (Å²) in [5.41, 5.74) is 3.12. The third-order valence-corrected chi connectivity index (χ3v) is 7.77. The van der Waals surface area contributed by atoms with Gasteiger partial charge in [-0.15, -0.1) is 0 Å². The first-order valence-electron chi connectivity index (χ1n) is 12.8. The van der Waals surface area contributed by atoms with Crippen molar-refractivity contribution in [3.63, 3.8) is 0 Å². The van der Waals surface area contributed by atoms with Crippen molar-refractivity contribution in [2.45, 2.75) is 56.5 Å². The molecule has 4 heterocycles. The molecule has 1 aromatic carbocycles. The predicted molar refractivity (Wildman–Crippen MR) is 136 cm³/mol. The summed E-state index contributed by atoms with van der Waals surface area (Å²) in [5, 5.41) is 14.5. The number of aromatic nitrogens is 5. The van der Waals surface area contributed by atoms with Crippen molar-refractivity contribution in [1.29, 1.82) is 0 Å². The van der Waals surface area contributed by atoms with E-state index < -0.39 is 0 Å². The number of aromatic amines is 1. The summed E-state index contributed by atoms with van der Waals surface area (Å²) in [6.45, 7) is 0.838. The number of pyridine rings is 1. The van der Waals surface area contributed by atoms with Gasteiger partial charge in [0.2, 0.25) is 0 Å². The number of carbonyl (C=O) groups is 1. The third-order valence-electron chi connectivity index (χ3n) is 7.77. The number of benzene rings is 1. The first-order chi connectivity index (χ1) is 18.1. The molecule has 2 aliphatic rings. The van der Waals surface area contributed by atoms with Crippen LogP contribution in [0.25, 0.3) is 5.52 Å². The summed E-state index contributed by atoms with van der Waals surface area (Å²) < 4.78 is 21.4. The highest BCUT2D eigenvalue weighted by atomic mass is 19.1. The van der Waals surface area contributed by atoms with Crippen molar-refractivity contribution in [1.82, 2.24) is 30.1 Å². The molecule has 1 aliphatic heterocycles. The molecule has 6 rings (SSSR count). The number of hydrogen-bond acceptors (Lipinski definition) is 6. The van der Waals surface area contributed by atoms with E-state index in [9.17, 15) is 9.18 Å². The minimum absolute atomic E-state index is 0.00663. The van der Waals surface area contributed by atoms with E-state index >= 15 is 0 Å². The Labute approximate surface area is 214 Å². The molecule has 37 heavy (non-hydrogen) atoms. The lowest BCUT2D eigenvalue weighted by Crippen LogP contribution is -2.37. The third kappa shape index (κ3) is 4.52. The van der Waals surface area contributed by atoms with E-state index in [-0.39, 0.29) is 23.8 Å². The number of ether oxygens (including phenoxy) is 1. The topological polar surface area (TPSA) is 100 Å². The summed E-state index contributed by atoms with van der Waals surface area (Å²) in [6, 6.07) is 8.79. The van der Waals surface area contributed by atoms with Gasteiger partial charge in [0, 0.05) is 36.0 Å². The Morgan fingerprint density at radius 1 is 1.16 bits per heavy atom. The van der Waals surface area contributed by atoms with Crippen LogP contribution in [0.1, 0.15) is 72.2 Å². The lowest BCUT2D eigenvalue weighted by molar-refractivity contribution is 0.0927. The maximum Gasteiger partial charge on any atom is 0.255 e. The molecule has 2 N–H and O–H groups in total. The van der Waals surface area contributed by atoms with Crippen LogP contribution in [0.4, 0.5) is 10.1 Å². The molecule has 4 aromatic rings. The Kier molecular flexibility index (Phi) is 6.23. The molecule has 2 fully saturated rings. The minimum Gasteiger partial charge on any atom is -0.496 e. The minimum atomic E-state index is -0.275. The summed E-state index contributed by atoms with van der Waals surface area (Å²) in [7, 11) is 1.61. The molecule has 192 valence electrons. The number of H-pyrrole nitrogens is 1. The molecule has 3 aromatic heterocycles. The standard InChI is InChI=1S/C27H30FN7O2/c1-37-25-9-6-18(28)13-21(25)23-3-2-11-34(23)20-10-12-35-24(14-20)22(15-31-35)27(36)32-19-7-4-17(5-8-19)26-29-16-30-33-26/h6,9-10,12-17,19,23H,2-5,7-8,11H2,1H3,(H,32,36)(H,29,30,33). The molecule has 1 unspecified atom stereocenters. The van der Waals surface area contributed by atoms with E-state index in [1.807, 2.05) is 18.3 Å². The van der Waals surface area contributed by atoms with Crippen LogP contribution in [0.5, 0.6) is 5.75 Å². The number of amides is 1. The van der Waals surface area contributed by atoms with Crippen LogP contribution in [0.15, 0.2) is 49.1 Å². The molecular formula is C27H30FN7O2. The summed E-state index contributed by atoms with van der Waals surface area (Å²) >= 11 is 0. The van der Waals surface area contributed by atoms with Crippen LogP contribution in [0.2, 0.25) is 0 Å². The van der Waals surface area contributed by atoms with E-state index in [0.717, 1.165) is 67.7 Å². The molecule has 0 spiro atoms. The second kappa shape index (κ2) is 9.84. The number of hydrogen-bond donors (Lipinski definition) is 2. The average Bonchev–Trinajstić information content (AvgIpc) is 3.69. The fourth-order valence-corrected chi connectivity index (χ4v) is 5.87. The Bertz CT molecular complexity index is 1400. The van der Waals surface area contributed by atoms with Crippen LogP contribution in [0.3, 0.4) is 0 Å². The zero-order valence-electron chi connectivity index (χ0n) is 20.7. The van der Waals surface area contributed by atoms with Crippen molar-refractivity contribution in [3.05, 3.63) is 71.8 Å². The molecule has 9 nitrogen and oxygen atoms in total. The molecule has 1 saturated carbocycles. The normalized spacial score (nSPS) is 21.9. The number of halogens is 1. The van der Waals surface area contributed by atoms with Gasteiger partial charge in [0.25, 0.3) is 5.91 Å². The zero-order valence-corrected chi connectivity index (χ0v) is 20.7. The Hall–Kier alpha value is -3.95. The van der Waals surface area contributed by atoms with E-state index in [2.05, 4.69) is 30.5 Å². The van der Waals surface area contributed by atoms with Gasteiger partial charge in [0.15, 0.2) is 0 Å². The van der Waals surface area contributed by atoms with E-state index in [4.69, 9.17) is 4.74 Å². The molecular weight excluding hydrogens is 473 g/mol. The summed E-state index contributed by atoms with van der Waals surface area (Å²) in [5.74, 6) is 1.58. The van der Waals surface area contributed by atoms with E-state index in [1.165, 1.54) is 6.07 Å². The number of rotatable bonds is 6. The molecule has 0 bridgehead atoms. The van der Waals surface area contributed by atoms with Crippen molar-refractivity contribution in [2.75, 3.05) is 18.6 Å². The van der Waals surface area contributed by atoms with Gasteiger partial charge in [0.05, 0.1) is 30.4 Å². The summed E-state index contributed by atoms with van der Waals surface area (Å²) in [4.78, 5) is 19.8. The lowest BCUT2D eigenvalue weighted by atomic mass is 9.85. The average molecular weight is 504 g/mol. The van der Waals surface area contributed by atoms with Crippen LogP contribution < -0.4 is 15.0 Å².